The Morgan fingerprint density at radius 1 is 1.33 bits per heavy atom. The largest absolute Gasteiger partial charge is 0.497 e. The molecule has 0 saturated carbocycles. The highest BCUT2D eigenvalue weighted by molar-refractivity contribution is 5.28. The first kappa shape index (κ1) is 15.5. The van der Waals surface area contributed by atoms with E-state index in [2.05, 4.69) is 17.3 Å². The second-order valence-electron chi connectivity index (χ2n) is 5.16. The summed E-state index contributed by atoms with van der Waals surface area (Å²) < 4.78 is 7.02. The predicted molar refractivity (Wildman–Crippen MR) is 82.3 cm³/mol. The van der Waals surface area contributed by atoms with Gasteiger partial charge < -0.3 is 15.2 Å². The maximum absolute atomic E-state index is 10.2. The van der Waals surface area contributed by atoms with E-state index in [-0.39, 0.29) is 0 Å². The van der Waals surface area contributed by atoms with Crippen LogP contribution in [0.5, 0.6) is 5.75 Å². The molecule has 0 spiro atoms. The van der Waals surface area contributed by atoms with E-state index in [1.165, 1.54) is 0 Å². The number of aromatic nitrogens is 2. The molecule has 1 heterocycles. The van der Waals surface area contributed by atoms with Crippen molar-refractivity contribution in [3.8, 4) is 5.75 Å². The maximum atomic E-state index is 10.2. The molecule has 2 aromatic rings. The highest BCUT2D eigenvalue weighted by Crippen LogP contribution is 2.17. The SMILES string of the molecule is COc1ccc(C(O)CNC(C)CCn2cccn2)cc1. The zero-order chi connectivity index (χ0) is 15.1. The Labute approximate surface area is 125 Å². The molecule has 0 aliphatic rings. The predicted octanol–water partition coefficient (Wildman–Crippen LogP) is 1.99. The molecule has 0 amide bonds. The highest BCUT2D eigenvalue weighted by atomic mass is 16.5. The number of aliphatic hydroxyl groups is 1. The summed E-state index contributed by atoms with van der Waals surface area (Å²) in [6.45, 7) is 3.52. The lowest BCUT2D eigenvalue weighted by molar-refractivity contribution is 0.169. The standard InChI is InChI=1S/C16H23N3O2/c1-13(8-11-19-10-3-9-18-19)17-12-16(20)14-4-6-15(21-2)7-5-14/h3-7,9-10,13,16-17,20H,8,11-12H2,1-2H3. The molecule has 0 aliphatic carbocycles. The number of ether oxygens (including phenoxy) is 1. The molecule has 1 aromatic heterocycles. The Balaban J connectivity index is 1.73. The third-order valence-electron chi connectivity index (χ3n) is 3.51. The Morgan fingerprint density at radius 3 is 2.71 bits per heavy atom. The minimum atomic E-state index is -0.511. The van der Waals surface area contributed by atoms with Crippen molar-refractivity contribution in [2.75, 3.05) is 13.7 Å². The summed E-state index contributed by atoms with van der Waals surface area (Å²) in [5.41, 5.74) is 0.891. The molecule has 0 bridgehead atoms. The van der Waals surface area contributed by atoms with Gasteiger partial charge in [0, 0.05) is 31.5 Å². The number of benzene rings is 1. The monoisotopic (exact) mass is 289 g/mol. The summed E-state index contributed by atoms with van der Waals surface area (Å²) in [7, 11) is 1.63. The molecular formula is C16H23N3O2. The van der Waals surface area contributed by atoms with Crippen molar-refractivity contribution in [3.63, 3.8) is 0 Å². The molecule has 0 aliphatic heterocycles. The first-order valence-electron chi connectivity index (χ1n) is 7.22. The van der Waals surface area contributed by atoms with Crippen LogP contribution in [0.2, 0.25) is 0 Å². The van der Waals surface area contributed by atoms with Crippen LogP contribution in [0.15, 0.2) is 42.7 Å². The van der Waals surface area contributed by atoms with Crippen LogP contribution in [-0.4, -0.2) is 34.6 Å². The van der Waals surface area contributed by atoms with Crippen molar-refractivity contribution < 1.29 is 9.84 Å². The van der Waals surface area contributed by atoms with Crippen LogP contribution in [0.25, 0.3) is 0 Å². The van der Waals surface area contributed by atoms with Crippen LogP contribution >= 0.6 is 0 Å². The zero-order valence-electron chi connectivity index (χ0n) is 12.6. The number of hydrogen-bond donors (Lipinski definition) is 2. The molecule has 2 atom stereocenters. The smallest absolute Gasteiger partial charge is 0.118 e. The van der Waals surface area contributed by atoms with Crippen molar-refractivity contribution in [3.05, 3.63) is 48.3 Å². The van der Waals surface area contributed by atoms with Gasteiger partial charge in [-0.3, -0.25) is 4.68 Å². The van der Waals surface area contributed by atoms with Gasteiger partial charge in [-0.1, -0.05) is 12.1 Å². The van der Waals surface area contributed by atoms with Crippen LogP contribution in [0.3, 0.4) is 0 Å². The quantitative estimate of drug-likeness (QED) is 0.780. The van der Waals surface area contributed by atoms with Gasteiger partial charge in [0.05, 0.1) is 13.2 Å². The number of methoxy groups -OCH3 is 1. The zero-order valence-corrected chi connectivity index (χ0v) is 12.6. The number of hydrogen-bond acceptors (Lipinski definition) is 4. The molecule has 0 radical (unpaired) electrons. The molecule has 114 valence electrons. The molecule has 1 aromatic carbocycles. The number of nitrogens with one attached hydrogen (secondary N) is 1. The van der Waals surface area contributed by atoms with Gasteiger partial charge in [0.2, 0.25) is 0 Å². The van der Waals surface area contributed by atoms with Gasteiger partial charge in [0.15, 0.2) is 0 Å². The molecule has 5 nitrogen and oxygen atoms in total. The van der Waals surface area contributed by atoms with E-state index < -0.39 is 6.10 Å². The van der Waals surface area contributed by atoms with Crippen molar-refractivity contribution in [2.24, 2.45) is 0 Å². The first-order chi connectivity index (χ1) is 10.2. The molecule has 2 unspecified atom stereocenters. The van der Waals surface area contributed by atoms with E-state index >= 15 is 0 Å². The van der Waals surface area contributed by atoms with E-state index in [0.717, 1.165) is 24.3 Å². The molecule has 5 heteroatoms. The molecule has 2 rings (SSSR count). The molecule has 21 heavy (non-hydrogen) atoms. The van der Waals surface area contributed by atoms with Gasteiger partial charge >= 0.3 is 0 Å². The van der Waals surface area contributed by atoms with Crippen molar-refractivity contribution in [2.45, 2.75) is 32.0 Å². The summed E-state index contributed by atoms with van der Waals surface area (Å²) in [5, 5.41) is 17.7. The van der Waals surface area contributed by atoms with Crippen LogP contribution in [0, 0.1) is 0 Å². The van der Waals surface area contributed by atoms with Gasteiger partial charge in [0.25, 0.3) is 0 Å². The first-order valence-corrected chi connectivity index (χ1v) is 7.22. The normalized spacial score (nSPS) is 13.9. The third kappa shape index (κ3) is 4.88. The average Bonchev–Trinajstić information content (AvgIpc) is 3.04. The van der Waals surface area contributed by atoms with Crippen molar-refractivity contribution in [1.29, 1.82) is 0 Å². The summed E-state index contributed by atoms with van der Waals surface area (Å²) >= 11 is 0. The van der Waals surface area contributed by atoms with E-state index in [9.17, 15) is 5.11 Å². The van der Waals surface area contributed by atoms with Gasteiger partial charge in [-0.15, -0.1) is 0 Å². The summed E-state index contributed by atoms with van der Waals surface area (Å²) in [4.78, 5) is 0. The number of rotatable bonds is 8. The summed E-state index contributed by atoms with van der Waals surface area (Å²) in [6, 6.07) is 9.74. The Hall–Kier alpha value is -1.85. The maximum Gasteiger partial charge on any atom is 0.118 e. The number of aryl methyl sites for hydroxylation is 1. The lowest BCUT2D eigenvalue weighted by Crippen LogP contribution is -2.31. The average molecular weight is 289 g/mol. The minimum absolute atomic E-state index is 0.321. The van der Waals surface area contributed by atoms with Gasteiger partial charge in [-0.2, -0.15) is 5.10 Å². The Kier molecular flexibility index (Phi) is 5.78. The second-order valence-corrected chi connectivity index (χ2v) is 5.16. The third-order valence-corrected chi connectivity index (χ3v) is 3.51. The number of nitrogens with zero attached hydrogens (tertiary/aromatic N) is 2. The van der Waals surface area contributed by atoms with Crippen molar-refractivity contribution >= 4 is 0 Å². The molecular weight excluding hydrogens is 266 g/mol. The minimum Gasteiger partial charge on any atom is -0.497 e. The lowest BCUT2D eigenvalue weighted by atomic mass is 10.1. The summed E-state index contributed by atoms with van der Waals surface area (Å²) in [6.07, 6.45) is 4.20. The van der Waals surface area contributed by atoms with Gasteiger partial charge in [-0.05, 0) is 37.1 Å². The van der Waals surface area contributed by atoms with Crippen LogP contribution in [0.4, 0.5) is 0 Å². The van der Waals surface area contributed by atoms with E-state index in [0.29, 0.717) is 12.6 Å². The fourth-order valence-electron chi connectivity index (χ4n) is 2.12. The van der Waals surface area contributed by atoms with Crippen molar-refractivity contribution in [1.82, 2.24) is 15.1 Å². The fraction of sp³-hybridized carbons (Fsp3) is 0.438. The number of aliphatic hydroxyl groups excluding tert-OH is 1. The lowest BCUT2D eigenvalue weighted by Gasteiger charge is -2.17. The second kappa shape index (κ2) is 7.81. The van der Waals surface area contributed by atoms with Crippen LogP contribution in [0.1, 0.15) is 25.0 Å². The van der Waals surface area contributed by atoms with Crippen LogP contribution in [-0.2, 0) is 6.54 Å². The topological polar surface area (TPSA) is 59.3 Å². The summed E-state index contributed by atoms with van der Waals surface area (Å²) in [5.74, 6) is 0.798. The molecule has 2 N–H and O–H groups in total. The fourth-order valence-corrected chi connectivity index (χ4v) is 2.12. The molecule has 0 saturated heterocycles. The highest BCUT2D eigenvalue weighted by Gasteiger charge is 2.09. The van der Waals surface area contributed by atoms with E-state index in [1.807, 2.05) is 41.2 Å². The van der Waals surface area contributed by atoms with E-state index in [4.69, 9.17) is 4.74 Å². The van der Waals surface area contributed by atoms with Gasteiger partial charge in [-0.25, -0.2) is 0 Å². The molecule has 0 fully saturated rings. The van der Waals surface area contributed by atoms with E-state index in [1.54, 1.807) is 13.3 Å². The van der Waals surface area contributed by atoms with Crippen LogP contribution < -0.4 is 10.1 Å². The Bertz CT molecular complexity index is 511. The van der Waals surface area contributed by atoms with Gasteiger partial charge in [0.1, 0.15) is 5.75 Å². The Morgan fingerprint density at radius 2 is 2.10 bits per heavy atom.